The highest BCUT2D eigenvalue weighted by Gasteiger charge is 2.19. The Morgan fingerprint density at radius 2 is 2.12 bits per heavy atom. The molecule has 0 saturated heterocycles. The molecule has 0 aliphatic rings. The van der Waals surface area contributed by atoms with Gasteiger partial charge < -0.3 is 14.7 Å². The van der Waals surface area contributed by atoms with Gasteiger partial charge in [0.25, 0.3) is 5.91 Å². The summed E-state index contributed by atoms with van der Waals surface area (Å²) in [5.41, 5.74) is 0.525. The van der Waals surface area contributed by atoms with Crippen LogP contribution in [0, 0.1) is 0 Å². The van der Waals surface area contributed by atoms with Crippen molar-refractivity contribution in [3.8, 4) is 5.75 Å². The van der Waals surface area contributed by atoms with Crippen molar-refractivity contribution in [3.63, 3.8) is 0 Å². The lowest BCUT2D eigenvalue weighted by molar-refractivity contribution is 0.0678. The Balaban J connectivity index is 2.95. The normalized spacial score (nSPS) is 12.0. The number of hydrogen-bond acceptors (Lipinski definition) is 3. The highest BCUT2D eigenvalue weighted by molar-refractivity contribution is 5.96. The number of carbonyl (C=O) groups excluding carboxylic acids is 1. The molecule has 0 fully saturated rings. The van der Waals surface area contributed by atoms with Gasteiger partial charge in [-0.3, -0.25) is 4.79 Å². The van der Waals surface area contributed by atoms with Crippen LogP contribution >= 0.6 is 0 Å². The molecule has 4 nitrogen and oxygen atoms in total. The molecule has 94 valence electrons. The summed E-state index contributed by atoms with van der Waals surface area (Å²) in [5, 5.41) is 9.05. The van der Waals surface area contributed by atoms with Crippen LogP contribution in [0.15, 0.2) is 24.3 Å². The molecule has 4 heteroatoms. The Kier molecular flexibility index (Phi) is 4.97. The number of aliphatic hydroxyl groups is 1. The first-order valence-electron chi connectivity index (χ1n) is 5.71. The van der Waals surface area contributed by atoms with E-state index in [1.807, 2.05) is 13.0 Å². The van der Waals surface area contributed by atoms with Crippen molar-refractivity contribution >= 4 is 5.91 Å². The Labute approximate surface area is 102 Å². The first-order valence-corrected chi connectivity index (χ1v) is 5.71. The number of amides is 1. The lowest BCUT2D eigenvalue weighted by Crippen LogP contribution is -2.37. The summed E-state index contributed by atoms with van der Waals surface area (Å²) in [6.45, 7) is 4.13. The van der Waals surface area contributed by atoms with Gasteiger partial charge in [0.05, 0.1) is 24.8 Å². The Hall–Kier alpha value is -1.55. The fourth-order valence-corrected chi connectivity index (χ4v) is 1.44. The monoisotopic (exact) mass is 237 g/mol. The minimum atomic E-state index is -0.211. The van der Waals surface area contributed by atoms with Crippen LogP contribution in [-0.2, 0) is 0 Å². The molecule has 0 heterocycles. The van der Waals surface area contributed by atoms with Crippen molar-refractivity contribution in [2.75, 3.05) is 20.3 Å². The van der Waals surface area contributed by atoms with Crippen LogP contribution in [0.5, 0.6) is 5.75 Å². The van der Waals surface area contributed by atoms with Crippen molar-refractivity contribution in [3.05, 3.63) is 29.8 Å². The van der Waals surface area contributed by atoms with Gasteiger partial charge in [-0.05, 0) is 26.0 Å². The van der Waals surface area contributed by atoms with E-state index in [1.54, 1.807) is 32.2 Å². The van der Waals surface area contributed by atoms with Gasteiger partial charge in [0, 0.05) is 7.05 Å². The summed E-state index contributed by atoms with van der Waals surface area (Å²) in [7, 11) is 1.67. The molecule has 0 bridgehead atoms. The van der Waals surface area contributed by atoms with Gasteiger partial charge in [-0.2, -0.15) is 0 Å². The van der Waals surface area contributed by atoms with Crippen molar-refractivity contribution in [2.45, 2.75) is 19.9 Å². The summed E-state index contributed by atoms with van der Waals surface area (Å²) in [4.78, 5) is 13.7. The molecule has 0 radical (unpaired) electrons. The van der Waals surface area contributed by atoms with E-state index in [2.05, 4.69) is 0 Å². The lowest BCUT2D eigenvalue weighted by atomic mass is 10.1. The zero-order valence-electron chi connectivity index (χ0n) is 10.5. The molecule has 0 saturated carbocycles. The fourth-order valence-electron chi connectivity index (χ4n) is 1.44. The van der Waals surface area contributed by atoms with E-state index >= 15 is 0 Å². The highest BCUT2D eigenvalue weighted by atomic mass is 16.5. The molecule has 1 unspecified atom stereocenters. The van der Waals surface area contributed by atoms with E-state index in [1.165, 1.54) is 4.90 Å². The zero-order chi connectivity index (χ0) is 12.8. The molecule has 0 spiro atoms. The number of carbonyl (C=O) groups is 1. The Morgan fingerprint density at radius 3 is 2.71 bits per heavy atom. The number of rotatable bonds is 5. The van der Waals surface area contributed by atoms with Gasteiger partial charge in [0.15, 0.2) is 0 Å². The predicted molar refractivity (Wildman–Crippen MR) is 66.3 cm³/mol. The lowest BCUT2D eigenvalue weighted by Gasteiger charge is -2.24. The second-order valence-electron chi connectivity index (χ2n) is 3.88. The quantitative estimate of drug-likeness (QED) is 0.845. The predicted octanol–water partition coefficient (Wildman–Crippen LogP) is 1.54. The fraction of sp³-hybridized carbons (Fsp3) is 0.462. The van der Waals surface area contributed by atoms with Crippen molar-refractivity contribution < 1.29 is 14.6 Å². The van der Waals surface area contributed by atoms with E-state index < -0.39 is 0 Å². The largest absolute Gasteiger partial charge is 0.493 e. The smallest absolute Gasteiger partial charge is 0.257 e. The second-order valence-corrected chi connectivity index (χ2v) is 3.88. The van der Waals surface area contributed by atoms with Crippen LogP contribution in [0.2, 0.25) is 0 Å². The molecule has 0 aromatic heterocycles. The molecule has 1 rings (SSSR count). The first-order chi connectivity index (χ1) is 8.11. The van der Waals surface area contributed by atoms with Crippen LogP contribution in [-0.4, -0.2) is 42.2 Å². The van der Waals surface area contributed by atoms with Crippen molar-refractivity contribution in [1.29, 1.82) is 0 Å². The number of benzene rings is 1. The molecular weight excluding hydrogens is 218 g/mol. The molecule has 17 heavy (non-hydrogen) atoms. The minimum absolute atomic E-state index is 0.0565. The van der Waals surface area contributed by atoms with Gasteiger partial charge in [0.1, 0.15) is 5.75 Å². The maximum absolute atomic E-state index is 12.2. The summed E-state index contributed by atoms with van der Waals surface area (Å²) >= 11 is 0. The van der Waals surface area contributed by atoms with Gasteiger partial charge in [-0.1, -0.05) is 12.1 Å². The number of para-hydroxylation sites is 1. The SMILES string of the molecule is CCOc1ccccc1C(=O)N(C)C(C)CO. The van der Waals surface area contributed by atoms with Crippen molar-refractivity contribution in [1.82, 2.24) is 4.90 Å². The summed E-state index contributed by atoms with van der Waals surface area (Å²) in [6, 6.07) is 6.92. The topological polar surface area (TPSA) is 49.8 Å². The van der Waals surface area contributed by atoms with Crippen LogP contribution in [0.1, 0.15) is 24.2 Å². The molecule has 1 aromatic rings. The van der Waals surface area contributed by atoms with E-state index in [4.69, 9.17) is 9.84 Å². The number of hydrogen-bond donors (Lipinski definition) is 1. The van der Waals surface area contributed by atoms with Crippen LogP contribution in [0.4, 0.5) is 0 Å². The third kappa shape index (κ3) is 3.20. The van der Waals surface area contributed by atoms with E-state index in [0.717, 1.165) is 0 Å². The van der Waals surface area contributed by atoms with Gasteiger partial charge in [-0.25, -0.2) is 0 Å². The number of ether oxygens (including phenoxy) is 1. The van der Waals surface area contributed by atoms with E-state index in [-0.39, 0.29) is 18.6 Å². The minimum Gasteiger partial charge on any atom is -0.493 e. The van der Waals surface area contributed by atoms with Gasteiger partial charge >= 0.3 is 0 Å². The van der Waals surface area contributed by atoms with E-state index in [9.17, 15) is 4.79 Å². The molecular formula is C13H19NO3. The third-order valence-corrected chi connectivity index (χ3v) is 2.66. The summed E-state index contributed by atoms with van der Waals surface area (Å²) in [6.07, 6.45) is 0. The molecule has 1 atom stereocenters. The maximum atomic E-state index is 12.2. The average Bonchev–Trinajstić information content (AvgIpc) is 2.37. The zero-order valence-corrected chi connectivity index (χ0v) is 10.5. The maximum Gasteiger partial charge on any atom is 0.257 e. The number of likely N-dealkylation sites (N-methyl/N-ethyl adjacent to an activating group) is 1. The highest BCUT2D eigenvalue weighted by Crippen LogP contribution is 2.20. The molecule has 1 aromatic carbocycles. The van der Waals surface area contributed by atoms with E-state index in [0.29, 0.717) is 17.9 Å². The Bertz CT molecular complexity index is 379. The summed E-state index contributed by atoms with van der Waals surface area (Å²) in [5.74, 6) is 0.438. The van der Waals surface area contributed by atoms with Crippen LogP contribution in [0.3, 0.4) is 0 Å². The Morgan fingerprint density at radius 1 is 1.47 bits per heavy atom. The van der Waals surface area contributed by atoms with Crippen molar-refractivity contribution in [2.24, 2.45) is 0 Å². The summed E-state index contributed by atoms with van der Waals surface area (Å²) < 4.78 is 5.41. The third-order valence-electron chi connectivity index (χ3n) is 2.66. The standard InChI is InChI=1S/C13H19NO3/c1-4-17-12-8-6-5-7-11(12)13(16)14(3)10(2)9-15/h5-8,10,15H,4,9H2,1-3H3. The average molecular weight is 237 g/mol. The van der Waals surface area contributed by atoms with Crippen LogP contribution in [0.25, 0.3) is 0 Å². The van der Waals surface area contributed by atoms with Gasteiger partial charge in [0.2, 0.25) is 0 Å². The van der Waals surface area contributed by atoms with Crippen LogP contribution < -0.4 is 4.74 Å². The number of nitrogens with zero attached hydrogens (tertiary/aromatic N) is 1. The first kappa shape index (κ1) is 13.5. The second kappa shape index (κ2) is 6.25. The molecule has 0 aliphatic heterocycles. The molecule has 1 amide bonds. The number of aliphatic hydroxyl groups excluding tert-OH is 1. The molecule has 0 aliphatic carbocycles. The molecule has 1 N–H and O–H groups in total. The van der Waals surface area contributed by atoms with Gasteiger partial charge in [-0.15, -0.1) is 0 Å².